The van der Waals surface area contributed by atoms with Gasteiger partial charge in [0.2, 0.25) is 0 Å². The van der Waals surface area contributed by atoms with Gasteiger partial charge in [0.15, 0.2) is 0 Å². The van der Waals surface area contributed by atoms with Crippen LogP contribution >= 0.6 is 11.3 Å². The summed E-state index contributed by atoms with van der Waals surface area (Å²) in [6.07, 6.45) is 0.798. The van der Waals surface area contributed by atoms with E-state index in [0.29, 0.717) is 0 Å². The molecule has 0 spiro atoms. The van der Waals surface area contributed by atoms with Crippen molar-refractivity contribution >= 4 is 23.2 Å². The van der Waals surface area contributed by atoms with Gasteiger partial charge in [-0.25, -0.2) is 0 Å². The lowest BCUT2D eigenvalue weighted by atomic mass is 10.1. The number of carboxylic acid groups (broad SMARTS) is 1. The Hall–Kier alpha value is -1.36. The van der Waals surface area contributed by atoms with Gasteiger partial charge in [-0.15, -0.1) is 11.3 Å². The molecule has 0 atom stereocenters. The highest BCUT2D eigenvalue weighted by Gasteiger charge is 2.22. The Morgan fingerprint density at radius 1 is 1.44 bits per heavy atom. The number of carboxylic acids is 1. The molecule has 0 saturated carbocycles. The van der Waals surface area contributed by atoms with Crippen molar-refractivity contribution in [3.8, 4) is 0 Å². The van der Waals surface area contributed by atoms with Crippen molar-refractivity contribution in [2.45, 2.75) is 39.7 Å². The Labute approximate surface area is 111 Å². The first-order valence-corrected chi connectivity index (χ1v) is 6.94. The van der Waals surface area contributed by atoms with E-state index in [-0.39, 0.29) is 24.9 Å². The quantitative estimate of drug-likeness (QED) is 0.863. The van der Waals surface area contributed by atoms with Crippen LogP contribution in [0.5, 0.6) is 0 Å². The normalized spacial score (nSPS) is 10.7. The molecular weight excluding hydrogens is 250 g/mol. The molecule has 0 radical (unpaired) electrons. The molecule has 0 aromatic carbocycles. The molecule has 100 valence electrons. The molecule has 1 aromatic heterocycles. The molecule has 0 unspecified atom stereocenters. The highest BCUT2D eigenvalue weighted by Crippen LogP contribution is 2.20. The van der Waals surface area contributed by atoms with Crippen molar-refractivity contribution in [2.75, 3.05) is 6.54 Å². The minimum absolute atomic E-state index is 0.00339. The molecule has 1 rings (SSSR count). The monoisotopic (exact) mass is 269 g/mol. The fourth-order valence-electron chi connectivity index (χ4n) is 1.74. The predicted octanol–water partition coefficient (Wildman–Crippen LogP) is 2.64. The molecule has 0 aliphatic rings. The molecule has 1 heterocycles. The minimum Gasteiger partial charge on any atom is -0.481 e. The topological polar surface area (TPSA) is 57.6 Å². The highest BCUT2D eigenvalue weighted by molar-refractivity contribution is 7.12. The summed E-state index contributed by atoms with van der Waals surface area (Å²) >= 11 is 1.42. The third-order valence-corrected chi connectivity index (χ3v) is 3.72. The second-order valence-electron chi connectivity index (χ2n) is 4.36. The van der Waals surface area contributed by atoms with Crippen molar-refractivity contribution < 1.29 is 14.7 Å². The molecule has 4 nitrogen and oxygen atoms in total. The first-order valence-electron chi connectivity index (χ1n) is 6.06. The number of aryl methyl sites for hydroxylation is 1. The Bertz CT molecular complexity index is 426. The van der Waals surface area contributed by atoms with E-state index in [9.17, 15) is 9.59 Å². The Balaban J connectivity index is 2.86. The fourth-order valence-corrected chi connectivity index (χ4v) is 2.69. The number of carbonyl (C=O) groups is 2. The summed E-state index contributed by atoms with van der Waals surface area (Å²) in [6, 6.07) is 1.96. The van der Waals surface area contributed by atoms with E-state index in [4.69, 9.17) is 5.11 Å². The van der Waals surface area contributed by atoms with Crippen molar-refractivity contribution in [3.05, 3.63) is 21.9 Å². The summed E-state index contributed by atoms with van der Waals surface area (Å²) in [7, 11) is 0. The maximum absolute atomic E-state index is 12.4. The SMILES string of the molecule is CCc1ccsc1C(=O)N(CCC(=O)O)C(C)C. The molecule has 0 saturated heterocycles. The lowest BCUT2D eigenvalue weighted by Gasteiger charge is -2.26. The summed E-state index contributed by atoms with van der Waals surface area (Å²) in [5, 5.41) is 10.6. The van der Waals surface area contributed by atoms with Gasteiger partial charge >= 0.3 is 5.97 Å². The van der Waals surface area contributed by atoms with Crippen molar-refractivity contribution in [1.29, 1.82) is 0 Å². The van der Waals surface area contributed by atoms with Gasteiger partial charge < -0.3 is 10.0 Å². The number of amides is 1. The Kier molecular flexibility index (Phi) is 5.34. The number of carbonyl (C=O) groups excluding carboxylic acids is 1. The van der Waals surface area contributed by atoms with E-state index in [1.54, 1.807) is 4.90 Å². The molecule has 5 heteroatoms. The molecule has 1 amide bonds. The van der Waals surface area contributed by atoms with E-state index in [1.807, 2.05) is 32.2 Å². The average Bonchev–Trinajstić information content (AvgIpc) is 2.75. The molecule has 1 N–H and O–H groups in total. The van der Waals surface area contributed by atoms with Crippen LogP contribution in [0.2, 0.25) is 0 Å². The van der Waals surface area contributed by atoms with E-state index in [1.165, 1.54) is 11.3 Å². The maximum Gasteiger partial charge on any atom is 0.305 e. The summed E-state index contributed by atoms with van der Waals surface area (Å²) in [6.45, 7) is 6.07. The smallest absolute Gasteiger partial charge is 0.305 e. The molecule has 0 bridgehead atoms. The average molecular weight is 269 g/mol. The van der Waals surface area contributed by atoms with Crippen LogP contribution in [0.4, 0.5) is 0 Å². The van der Waals surface area contributed by atoms with Crippen LogP contribution in [0.15, 0.2) is 11.4 Å². The van der Waals surface area contributed by atoms with Crippen LogP contribution in [0, 0.1) is 0 Å². The summed E-state index contributed by atoms with van der Waals surface area (Å²) in [5.74, 6) is -0.937. The van der Waals surface area contributed by atoms with Gasteiger partial charge in [-0.1, -0.05) is 6.92 Å². The lowest BCUT2D eigenvalue weighted by Crippen LogP contribution is -2.38. The summed E-state index contributed by atoms with van der Waals surface area (Å²) in [5.41, 5.74) is 1.03. The van der Waals surface area contributed by atoms with Crippen LogP contribution in [0.1, 0.15) is 42.4 Å². The van der Waals surface area contributed by atoms with Gasteiger partial charge in [-0.05, 0) is 37.3 Å². The van der Waals surface area contributed by atoms with E-state index in [2.05, 4.69) is 0 Å². The van der Waals surface area contributed by atoms with Crippen LogP contribution < -0.4 is 0 Å². The van der Waals surface area contributed by atoms with Crippen LogP contribution in [0.25, 0.3) is 0 Å². The zero-order valence-electron chi connectivity index (χ0n) is 11.0. The summed E-state index contributed by atoms with van der Waals surface area (Å²) in [4.78, 5) is 25.4. The van der Waals surface area contributed by atoms with Gasteiger partial charge in [0.05, 0.1) is 11.3 Å². The molecular formula is C13H19NO3S. The Morgan fingerprint density at radius 2 is 2.11 bits per heavy atom. The fraction of sp³-hybridized carbons (Fsp3) is 0.538. The third kappa shape index (κ3) is 3.57. The van der Waals surface area contributed by atoms with Gasteiger partial charge in [-0.2, -0.15) is 0 Å². The predicted molar refractivity (Wildman–Crippen MR) is 72.1 cm³/mol. The molecule has 0 aliphatic carbocycles. The standard InChI is InChI=1S/C13H19NO3S/c1-4-10-6-8-18-12(10)13(17)14(9(2)3)7-5-11(15)16/h6,8-9H,4-5,7H2,1-3H3,(H,15,16). The van der Waals surface area contributed by atoms with Crippen molar-refractivity contribution in [1.82, 2.24) is 4.90 Å². The van der Waals surface area contributed by atoms with Crippen molar-refractivity contribution in [2.24, 2.45) is 0 Å². The van der Waals surface area contributed by atoms with Gasteiger partial charge in [0.25, 0.3) is 5.91 Å². The number of nitrogens with zero attached hydrogens (tertiary/aromatic N) is 1. The lowest BCUT2D eigenvalue weighted by molar-refractivity contribution is -0.137. The number of hydrogen-bond acceptors (Lipinski definition) is 3. The third-order valence-electron chi connectivity index (χ3n) is 2.77. The number of rotatable bonds is 6. The van der Waals surface area contributed by atoms with Crippen LogP contribution in [0.3, 0.4) is 0 Å². The zero-order chi connectivity index (χ0) is 13.7. The van der Waals surface area contributed by atoms with E-state index in [0.717, 1.165) is 16.9 Å². The zero-order valence-corrected chi connectivity index (χ0v) is 11.8. The first kappa shape index (κ1) is 14.7. The molecule has 18 heavy (non-hydrogen) atoms. The number of thiophene rings is 1. The minimum atomic E-state index is -0.879. The first-order chi connectivity index (χ1) is 8.47. The van der Waals surface area contributed by atoms with Crippen LogP contribution in [-0.2, 0) is 11.2 Å². The Morgan fingerprint density at radius 3 is 2.61 bits per heavy atom. The number of aliphatic carboxylic acids is 1. The van der Waals surface area contributed by atoms with Crippen LogP contribution in [-0.4, -0.2) is 34.5 Å². The molecule has 0 fully saturated rings. The van der Waals surface area contributed by atoms with Gasteiger partial charge in [-0.3, -0.25) is 9.59 Å². The van der Waals surface area contributed by atoms with E-state index >= 15 is 0 Å². The van der Waals surface area contributed by atoms with Gasteiger partial charge in [0.1, 0.15) is 0 Å². The molecule has 1 aromatic rings. The second kappa shape index (κ2) is 6.54. The van der Waals surface area contributed by atoms with Crippen molar-refractivity contribution in [3.63, 3.8) is 0 Å². The summed E-state index contributed by atoms with van der Waals surface area (Å²) < 4.78 is 0. The van der Waals surface area contributed by atoms with E-state index < -0.39 is 5.97 Å². The number of hydrogen-bond donors (Lipinski definition) is 1. The second-order valence-corrected chi connectivity index (χ2v) is 5.28. The highest BCUT2D eigenvalue weighted by atomic mass is 32.1. The maximum atomic E-state index is 12.4. The molecule has 0 aliphatic heterocycles. The van der Waals surface area contributed by atoms with Gasteiger partial charge in [0, 0.05) is 12.6 Å². The largest absolute Gasteiger partial charge is 0.481 e.